The quantitative estimate of drug-likeness (QED) is 0.817. The molecule has 0 heterocycles. The highest BCUT2D eigenvalue weighted by Gasteiger charge is 2.19. The van der Waals surface area contributed by atoms with Gasteiger partial charge in [-0.25, -0.2) is 16.8 Å². The van der Waals surface area contributed by atoms with Crippen LogP contribution in [0.1, 0.15) is 27.7 Å². The zero-order valence-electron chi connectivity index (χ0n) is 14.1. The summed E-state index contributed by atoms with van der Waals surface area (Å²) in [6, 6.07) is 10.2. The summed E-state index contributed by atoms with van der Waals surface area (Å²) in [7, 11) is -6.99. The van der Waals surface area contributed by atoms with Crippen molar-refractivity contribution < 1.29 is 16.8 Å². The van der Waals surface area contributed by atoms with Crippen molar-refractivity contribution in [3.8, 4) is 0 Å². The maximum absolute atomic E-state index is 12.1. The van der Waals surface area contributed by atoms with Gasteiger partial charge in [-0.1, -0.05) is 24.3 Å². The molecular weight excluding hydrogens is 348 g/mol. The number of sulfonamides is 2. The predicted molar refractivity (Wildman–Crippen MR) is 99.3 cm³/mol. The lowest BCUT2D eigenvalue weighted by Crippen LogP contribution is -2.23. The summed E-state index contributed by atoms with van der Waals surface area (Å²) in [6.45, 7) is 6.37. The van der Waals surface area contributed by atoms with Crippen LogP contribution in [0.25, 0.3) is 10.8 Å². The van der Waals surface area contributed by atoms with Gasteiger partial charge >= 0.3 is 0 Å². The summed E-state index contributed by atoms with van der Waals surface area (Å²) >= 11 is 0. The topological polar surface area (TPSA) is 92.3 Å². The molecule has 0 radical (unpaired) electrons. The van der Waals surface area contributed by atoms with E-state index in [0.29, 0.717) is 22.1 Å². The standard InChI is InChI=1S/C16H22N2O4S2/c1-11(2)23(19,20)17-15-9-5-8-14-13(15)7-6-10-16(14)18-24(21,22)12(3)4/h5-12,17-18H,1-4H3. The first-order chi connectivity index (χ1) is 11.0. The molecular formula is C16H22N2O4S2. The van der Waals surface area contributed by atoms with Crippen LogP contribution >= 0.6 is 0 Å². The van der Waals surface area contributed by atoms with E-state index in [1.807, 2.05) is 0 Å². The van der Waals surface area contributed by atoms with Gasteiger partial charge < -0.3 is 0 Å². The van der Waals surface area contributed by atoms with Crippen LogP contribution in [0.15, 0.2) is 36.4 Å². The molecule has 2 aromatic rings. The molecule has 0 bridgehead atoms. The van der Waals surface area contributed by atoms with Crippen LogP contribution in [0.4, 0.5) is 11.4 Å². The van der Waals surface area contributed by atoms with E-state index in [0.717, 1.165) is 0 Å². The molecule has 0 aliphatic rings. The number of hydrogen-bond donors (Lipinski definition) is 2. The third-order valence-electron chi connectivity index (χ3n) is 3.67. The summed E-state index contributed by atoms with van der Waals surface area (Å²) in [5, 5.41) is 0.113. The van der Waals surface area contributed by atoms with Gasteiger partial charge in [0.25, 0.3) is 0 Å². The summed E-state index contributed by atoms with van der Waals surface area (Å²) in [5.74, 6) is 0. The first kappa shape index (κ1) is 18.5. The van der Waals surface area contributed by atoms with E-state index in [1.165, 1.54) is 0 Å². The number of benzene rings is 2. The van der Waals surface area contributed by atoms with Gasteiger partial charge in [-0.15, -0.1) is 0 Å². The van der Waals surface area contributed by atoms with E-state index in [1.54, 1.807) is 64.1 Å². The lowest BCUT2D eigenvalue weighted by Gasteiger charge is -2.16. The highest BCUT2D eigenvalue weighted by molar-refractivity contribution is 7.93. The molecule has 2 aromatic carbocycles. The molecule has 24 heavy (non-hydrogen) atoms. The second-order valence-electron chi connectivity index (χ2n) is 6.10. The Morgan fingerprint density at radius 2 is 1.00 bits per heavy atom. The van der Waals surface area contributed by atoms with E-state index in [2.05, 4.69) is 9.44 Å². The molecule has 2 N–H and O–H groups in total. The molecule has 2 rings (SSSR count). The van der Waals surface area contributed by atoms with Gasteiger partial charge in [0.15, 0.2) is 0 Å². The van der Waals surface area contributed by atoms with Crippen LogP contribution in [0.5, 0.6) is 0 Å². The minimum absolute atomic E-state index is 0.423. The Labute approximate surface area is 143 Å². The number of rotatable bonds is 6. The monoisotopic (exact) mass is 370 g/mol. The SMILES string of the molecule is CC(C)S(=O)(=O)Nc1cccc2c(NS(=O)(=O)C(C)C)cccc12. The average Bonchev–Trinajstić information content (AvgIpc) is 2.47. The molecule has 0 fully saturated rings. The summed E-state index contributed by atoms with van der Waals surface area (Å²) in [6.07, 6.45) is 0. The highest BCUT2D eigenvalue weighted by atomic mass is 32.2. The molecule has 6 nitrogen and oxygen atoms in total. The summed E-state index contributed by atoms with van der Waals surface area (Å²) in [4.78, 5) is 0. The molecule has 0 aliphatic carbocycles. The normalized spacial score (nSPS) is 12.8. The smallest absolute Gasteiger partial charge is 0.235 e. The van der Waals surface area contributed by atoms with E-state index in [4.69, 9.17) is 0 Å². The van der Waals surface area contributed by atoms with Crippen LogP contribution in [0.2, 0.25) is 0 Å². The number of anilines is 2. The Kier molecular flexibility index (Phi) is 5.10. The van der Waals surface area contributed by atoms with Crippen molar-refractivity contribution in [3.05, 3.63) is 36.4 Å². The van der Waals surface area contributed by atoms with Crippen LogP contribution in [-0.2, 0) is 20.0 Å². The third kappa shape index (κ3) is 3.81. The molecule has 0 saturated heterocycles. The molecule has 0 unspecified atom stereocenters. The zero-order valence-corrected chi connectivity index (χ0v) is 15.7. The average molecular weight is 370 g/mol. The van der Waals surface area contributed by atoms with Crippen molar-refractivity contribution in [3.63, 3.8) is 0 Å². The molecule has 0 atom stereocenters. The van der Waals surface area contributed by atoms with Gasteiger partial charge in [0.05, 0.1) is 21.9 Å². The van der Waals surface area contributed by atoms with E-state index in [-0.39, 0.29) is 0 Å². The fourth-order valence-electron chi connectivity index (χ4n) is 2.03. The molecule has 0 aliphatic heterocycles. The summed E-state index contributed by atoms with van der Waals surface area (Å²) < 4.78 is 53.6. The van der Waals surface area contributed by atoms with Crippen molar-refractivity contribution in [2.75, 3.05) is 9.44 Å². The van der Waals surface area contributed by atoms with Gasteiger partial charge in [0.2, 0.25) is 20.0 Å². The van der Waals surface area contributed by atoms with Gasteiger partial charge in [-0.3, -0.25) is 9.44 Å². The first-order valence-electron chi connectivity index (χ1n) is 7.59. The molecule has 0 amide bonds. The Hall–Kier alpha value is -1.80. The second kappa shape index (κ2) is 6.60. The Morgan fingerprint density at radius 1 is 0.667 bits per heavy atom. The van der Waals surface area contributed by atoms with Crippen molar-refractivity contribution >= 4 is 42.2 Å². The van der Waals surface area contributed by atoms with Crippen LogP contribution < -0.4 is 9.44 Å². The molecule has 8 heteroatoms. The largest absolute Gasteiger partial charge is 0.283 e. The minimum Gasteiger partial charge on any atom is -0.283 e. The highest BCUT2D eigenvalue weighted by Crippen LogP contribution is 2.31. The van der Waals surface area contributed by atoms with Crippen LogP contribution in [-0.4, -0.2) is 27.3 Å². The fraction of sp³-hybridized carbons (Fsp3) is 0.375. The minimum atomic E-state index is -3.49. The number of nitrogens with one attached hydrogen (secondary N) is 2. The van der Waals surface area contributed by atoms with Crippen molar-refractivity contribution in [1.29, 1.82) is 0 Å². The van der Waals surface area contributed by atoms with E-state index in [9.17, 15) is 16.8 Å². The number of hydrogen-bond acceptors (Lipinski definition) is 4. The van der Waals surface area contributed by atoms with Crippen molar-refractivity contribution in [2.45, 2.75) is 38.2 Å². The van der Waals surface area contributed by atoms with Crippen LogP contribution in [0.3, 0.4) is 0 Å². The lowest BCUT2D eigenvalue weighted by atomic mass is 10.1. The van der Waals surface area contributed by atoms with Crippen molar-refractivity contribution in [2.24, 2.45) is 0 Å². The molecule has 0 aromatic heterocycles. The maximum atomic E-state index is 12.1. The Morgan fingerprint density at radius 3 is 1.29 bits per heavy atom. The van der Waals surface area contributed by atoms with E-state index >= 15 is 0 Å². The summed E-state index contributed by atoms with van der Waals surface area (Å²) in [5.41, 5.74) is 0.846. The molecule has 0 spiro atoms. The second-order valence-corrected chi connectivity index (χ2v) is 10.6. The van der Waals surface area contributed by atoms with Crippen LogP contribution in [0, 0.1) is 0 Å². The zero-order chi connectivity index (χ0) is 18.1. The third-order valence-corrected chi connectivity index (χ3v) is 7.16. The van der Waals surface area contributed by atoms with E-state index < -0.39 is 30.5 Å². The lowest BCUT2D eigenvalue weighted by molar-refractivity contribution is 0.591. The Balaban J connectivity index is 2.55. The van der Waals surface area contributed by atoms with Gasteiger partial charge in [-0.2, -0.15) is 0 Å². The Bertz CT molecular complexity index is 870. The van der Waals surface area contributed by atoms with Gasteiger partial charge in [-0.05, 0) is 39.8 Å². The van der Waals surface area contributed by atoms with Gasteiger partial charge in [0.1, 0.15) is 0 Å². The number of fused-ring (bicyclic) bond motifs is 1. The van der Waals surface area contributed by atoms with Crippen molar-refractivity contribution in [1.82, 2.24) is 0 Å². The maximum Gasteiger partial charge on any atom is 0.235 e. The van der Waals surface area contributed by atoms with Gasteiger partial charge in [0, 0.05) is 10.8 Å². The molecule has 0 saturated carbocycles. The molecule has 132 valence electrons. The predicted octanol–water partition coefficient (Wildman–Crippen LogP) is 3.14. The fourth-order valence-corrected chi connectivity index (χ4v) is 3.47. The first-order valence-corrected chi connectivity index (χ1v) is 10.7.